The standard InChI is InChI=1S/C30H36F2N4O5.C2HF3O2/c1-30(2,3)28(36(26(38)18-37)12-11-24(33)29(41)34-15-27(39)40)25-13-20(22-14-21(31)9-10-23(22)32)17-35(25)16-19-7-5-4-6-8-19;3-2(4,5)1(6)7/h4-10,13-14,17,24,28,37H,11-12,15-16,18,33H2,1-3H3,(H,34,41)(H,39,40);(H,6,7)/t24-,28-;/m0./s1. The summed E-state index contributed by atoms with van der Waals surface area (Å²) in [4.78, 5) is 46.6. The number of aromatic nitrogens is 1. The van der Waals surface area contributed by atoms with Gasteiger partial charge in [0.05, 0.1) is 12.1 Å². The van der Waals surface area contributed by atoms with Crippen LogP contribution in [0.1, 0.15) is 44.5 Å². The Morgan fingerprint density at radius 1 is 0.979 bits per heavy atom. The van der Waals surface area contributed by atoms with E-state index in [4.69, 9.17) is 20.7 Å². The topological polar surface area (TPSA) is 175 Å². The molecule has 1 aromatic heterocycles. The maximum Gasteiger partial charge on any atom is 0.490 e. The average molecular weight is 685 g/mol. The van der Waals surface area contributed by atoms with Crippen LogP contribution in [-0.4, -0.2) is 80.5 Å². The molecule has 6 N–H and O–H groups in total. The number of halogens is 5. The van der Waals surface area contributed by atoms with Crippen molar-refractivity contribution >= 4 is 23.8 Å². The van der Waals surface area contributed by atoms with E-state index in [1.54, 1.807) is 12.3 Å². The van der Waals surface area contributed by atoms with Crippen molar-refractivity contribution in [1.82, 2.24) is 14.8 Å². The fraction of sp³-hybridized carbons (Fsp3) is 0.375. The van der Waals surface area contributed by atoms with Crippen molar-refractivity contribution in [3.05, 3.63) is 83.7 Å². The minimum Gasteiger partial charge on any atom is -0.480 e. The van der Waals surface area contributed by atoms with Crippen molar-refractivity contribution in [2.24, 2.45) is 11.1 Å². The van der Waals surface area contributed by atoms with Crippen molar-refractivity contribution in [2.45, 2.75) is 52.0 Å². The largest absolute Gasteiger partial charge is 0.490 e. The molecule has 3 rings (SSSR count). The molecular weight excluding hydrogens is 647 g/mol. The zero-order chi connectivity index (χ0) is 36.4. The van der Waals surface area contributed by atoms with Crippen LogP contribution in [0.3, 0.4) is 0 Å². The minimum atomic E-state index is -5.08. The van der Waals surface area contributed by atoms with Crippen molar-refractivity contribution in [3.63, 3.8) is 0 Å². The molecule has 0 spiro atoms. The summed E-state index contributed by atoms with van der Waals surface area (Å²) in [5, 5.41) is 28.0. The number of aliphatic hydroxyl groups is 1. The van der Waals surface area contributed by atoms with Gasteiger partial charge in [0.25, 0.3) is 0 Å². The summed E-state index contributed by atoms with van der Waals surface area (Å²) in [5.41, 5.74) is 7.36. The highest BCUT2D eigenvalue weighted by Gasteiger charge is 2.39. The first-order valence-electron chi connectivity index (χ1n) is 14.4. The van der Waals surface area contributed by atoms with Crippen molar-refractivity contribution in [1.29, 1.82) is 0 Å². The maximum atomic E-state index is 14.8. The highest BCUT2D eigenvalue weighted by atomic mass is 19.4. The molecule has 0 saturated carbocycles. The number of nitrogens with one attached hydrogen (secondary N) is 1. The van der Waals surface area contributed by atoms with Gasteiger partial charge in [-0.15, -0.1) is 0 Å². The van der Waals surface area contributed by atoms with Crippen LogP contribution in [0.5, 0.6) is 0 Å². The van der Waals surface area contributed by atoms with E-state index in [0.717, 1.165) is 23.8 Å². The van der Waals surface area contributed by atoms with Gasteiger partial charge in [-0.3, -0.25) is 14.4 Å². The second kappa shape index (κ2) is 16.8. The smallest absolute Gasteiger partial charge is 0.480 e. The molecule has 0 aliphatic heterocycles. The molecule has 0 unspecified atom stereocenters. The summed E-state index contributed by atoms with van der Waals surface area (Å²) >= 11 is 0. The number of carboxylic acids is 2. The van der Waals surface area contributed by atoms with Gasteiger partial charge in [-0.05, 0) is 41.7 Å². The Morgan fingerprint density at radius 3 is 2.10 bits per heavy atom. The molecule has 2 aromatic carbocycles. The highest BCUT2D eigenvalue weighted by molar-refractivity contribution is 5.85. The van der Waals surface area contributed by atoms with E-state index < -0.39 is 72.2 Å². The van der Waals surface area contributed by atoms with Crippen LogP contribution >= 0.6 is 0 Å². The minimum absolute atomic E-state index is 0.0193. The number of hydrogen-bond donors (Lipinski definition) is 5. The Kier molecular flexibility index (Phi) is 13.8. The molecule has 0 radical (unpaired) electrons. The lowest BCUT2D eigenvalue weighted by atomic mass is 9.82. The second-order valence-corrected chi connectivity index (χ2v) is 11.7. The number of aliphatic hydroxyl groups excluding tert-OH is 1. The Bertz CT molecular complexity index is 1570. The van der Waals surface area contributed by atoms with E-state index >= 15 is 0 Å². The monoisotopic (exact) mass is 684 g/mol. The number of aliphatic carboxylic acids is 2. The Balaban J connectivity index is 0.00000103. The Morgan fingerprint density at radius 2 is 1.58 bits per heavy atom. The lowest BCUT2D eigenvalue weighted by Gasteiger charge is -2.41. The number of carbonyl (C=O) groups excluding carboxylic acids is 2. The molecule has 3 aromatic rings. The van der Waals surface area contributed by atoms with Gasteiger partial charge in [0.2, 0.25) is 11.8 Å². The summed E-state index contributed by atoms with van der Waals surface area (Å²) < 4.78 is 62.6. The molecule has 0 saturated heterocycles. The molecule has 48 heavy (non-hydrogen) atoms. The molecule has 11 nitrogen and oxygen atoms in total. The van der Waals surface area contributed by atoms with Crippen molar-refractivity contribution in [3.8, 4) is 11.1 Å². The summed E-state index contributed by atoms with van der Waals surface area (Å²) in [6, 6.07) is 12.6. The first kappa shape index (κ1) is 39.3. The first-order valence-corrected chi connectivity index (χ1v) is 14.4. The van der Waals surface area contributed by atoms with E-state index in [-0.39, 0.29) is 18.5 Å². The molecule has 0 aliphatic carbocycles. The van der Waals surface area contributed by atoms with E-state index in [1.807, 2.05) is 55.7 Å². The van der Waals surface area contributed by atoms with E-state index in [9.17, 15) is 41.4 Å². The predicted octanol–water partition coefficient (Wildman–Crippen LogP) is 3.94. The number of rotatable bonds is 12. The molecule has 2 amide bonds. The van der Waals surface area contributed by atoms with Crippen LogP contribution in [0.2, 0.25) is 0 Å². The van der Waals surface area contributed by atoms with Crippen LogP contribution in [-0.2, 0) is 25.7 Å². The average Bonchev–Trinajstić information content (AvgIpc) is 3.40. The lowest BCUT2D eigenvalue weighted by Crippen LogP contribution is -2.48. The summed E-state index contributed by atoms with van der Waals surface area (Å²) in [7, 11) is 0. The van der Waals surface area contributed by atoms with Crippen molar-refractivity contribution < 1.29 is 56.4 Å². The highest BCUT2D eigenvalue weighted by Crippen LogP contribution is 2.41. The predicted molar refractivity (Wildman–Crippen MR) is 163 cm³/mol. The number of nitrogens with zero attached hydrogens (tertiary/aromatic N) is 2. The number of nitrogens with two attached hydrogens (primary N) is 1. The molecule has 16 heteroatoms. The Labute approximate surface area is 272 Å². The maximum absolute atomic E-state index is 14.8. The Hall–Kier alpha value is -4.83. The van der Waals surface area contributed by atoms with Gasteiger partial charge < -0.3 is 35.8 Å². The van der Waals surface area contributed by atoms with Crippen LogP contribution in [0, 0.1) is 17.0 Å². The second-order valence-electron chi connectivity index (χ2n) is 11.7. The number of carboxylic acid groups (broad SMARTS) is 2. The van der Waals surface area contributed by atoms with E-state index in [0.29, 0.717) is 17.8 Å². The SMILES string of the molecule is CC(C)(C)[C@H](c1cc(-c2cc(F)ccc2F)cn1Cc1ccccc1)N(CC[C@H](N)C(=O)NCC(=O)O)C(=O)CO.O=C(O)C(F)(F)F. The molecule has 0 fully saturated rings. The zero-order valence-corrected chi connectivity index (χ0v) is 26.3. The van der Waals surface area contributed by atoms with Crippen LogP contribution in [0.25, 0.3) is 11.1 Å². The van der Waals surface area contributed by atoms with Gasteiger partial charge in [0.15, 0.2) is 0 Å². The van der Waals surface area contributed by atoms with Gasteiger partial charge in [0.1, 0.15) is 24.8 Å². The molecule has 0 bridgehead atoms. The summed E-state index contributed by atoms with van der Waals surface area (Å²) in [5.74, 6) is -6.49. The van der Waals surface area contributed by atoms with Gasteiger partial charge in [0, 0.05) is 36.1 Å². The third kappa shape index (κ3) is 11.5. The van der Waals surface area contributed by atoms with Crippen LogP contribution in [0.15, 0.2) is 60.8 Å². The number of benzene rings is 2. The molecule has 262 valence electrons. The zero-order valence-electron chi connectivity index (χ0n) is 26.3. The van der Waals surface area contributed by atoms with Gasteiger partial charge in [-0.1, -0.05) is 51.1 Å². The van der Waals surface area contributed by atoms with Gasteiger partial charge in [-0.25, -0.2) is 13.6 Å². The van der Waals surface area contributed by atoms with Crippen LogP contribution < -0.4 is 11.1 Å². The number of amides is 2. The summed E-state index contributed by atoms with van der Waals surface area (Å²) in [6.07, 6.45) is -3.40. The molecule has 0 aliphatic rings. The number of carbonyl (C=O) groups is 4. The first-order chi connectivity index (χ1) is 22.3. The molecule has 2 atom stereocenters. The normalized spacial score (nSPS) is 12.7. The van der Waals surface area contributed by atoms with Crippen molar-refractivity contribution in [2.75, 3.05) is 19.7 Å². The third-order valence-corrected chi connectivity index (χ3v) is 6.91. The summed E-state index contributed by atoms with van der Waals surface area (Å²) in [6.45, 7) is 4.62. The fourth-order valence-corrected chi connectivity index (χ4v) is 4.80. The number of hydrogen-bond acceptors (Lipinski definition) is 6. The lowest BCUT2D eigenvalue weighted by molar-refractivity contribution is -0.192. The fourth-order valence-electron chi connectivity index (χ4n) is 4.80. The number of alkyl halides is 3. The molecular formula is C32H37F5N4O7. The van der Waals surface area contributed by atoms with E-state index in [2.05, 4.69) is 5.32 Å². The van der Waals surface area contributed by atoms with Crippen LogP contribution in [0.4, 0.5) is 22.0 Å². The van der Waals surface area contributed by atoms with Gasteiger partial charge >= 0.3 is 18.1 Å². The van der Waals surface area contributed by atoms with E-state index in [1.165, 1.54) is 4.90 Å². The molecule has 1 heterocycles. The quantitative estimate of drug-likeness (QED) is 0.178. The van der Waals surface area contributed by atoms with Gasteiger partial charge in [-0.2, -0.15) is 13.2 Å². The third-order valence-electron chi connectivity index (χ3n) is 6.91.